The second kappa shape index (κ2) is 8.14. The van der Waals surface area contributed by atoms with Gasteiger partial charge in [-0.1, -0.05) is 81.4 Å². The van der Waals surface area contributed by atoms with Gasteiger partial charge in [-0.25, -0.2) is 9.59 Å². The van der Waals surface area contributed by atoms with E-state index in [9.17, 15) is 9.59 Å². The van der Waals surface area contributed by atoms with Crippen LogP contribution in [0.3, 0.4) is 0 Å². The van der Waals surface area contributed by atoms with Crippen molar-refractivity contribution in [2.45, 2.75) is 25.8 Å². The average molecular weight is 369 g/mol. The van der Waals surface area contributed by atoms with Crippen LogP contribution >= 0.6 is 0 Å². The number of carbonyl (C=O) groups excluding carboxylic acids is 2. The molecular formula is C21H24O4Si. The van der Waals surface area contributed by atoms with Gasteiger partial charge in [0.15, 0.2) is 0 Å². The first-order valence-electron chi connectivity index (χ1n) is 8.41. The van der Waals surface area contributed by atoms with Crippen molar-refractivity contribution in [3.8, 4) is 0 Å². The van der Waals surface area contributed by atoms with Crippen molar-refractivity contribution < 1.29 is 18.8 Å². The molecule has 0 saturated carbocycles. The maximum Gasteiger partial charge on any atom is 0.330 e. The van der Waals surface area contributed by atoms with Crippen LogP contribution in [-0.2, 0) is 18.8 Å². The van der Waals surface area contributed by atoms with Crippen LogP contribution < -0.4 is 10.4 Å². The smallest absolute Gasteiger partial charge is 0.330 e. The van der Waals surface area contributed by atoms with Crippen LogP contribution in [-0.4, -0.2) is 27.4 Å². The molecule has 0 N–H and O–H groups in total. The first-order chi connectivity index (χ1) is 12.3. The van der Waals surface area contributed by atoms with E-state index >= 15 is 0 Å². The highest BCUT2D eigenvalue weighted by molar-refractivity contribution is 7.00. The van der Waals surface area contributed by atoms with Gasteiger partial charge in [0.2, 0.25) is 0 Å². The van der Waals surface area contributed by atoms with Crippen molar-refractivity contribution in [1.29, 1.82) is 0 Å². The zero-order valence-electron chi connectivity index (χ0n) is 15.6. The first-order valence-corrected chi connectivity index (χ1v) is 10.3. The minimum Gasteiger partial charge on any atom is -0.506 e. The van der Waals surface area contributed by atoms with Crippen LogP contribution in [0, 0.1) is 0 Å². The maximum absolute atomic E-state index is 12.6. The highest BCUT2D eigenvalue weighted by Gasteiger charge is 2.52. The number of benzene rings is 2. The fourth-order valence-corrected chi connectivity index (χ4v) is 7.34. The van der Waals surface area contributed by atoms with Crippen molar-refractivity contribution in [3.05, 3.63) is 72.8 Å². The van der Waals surface area contributed by atoms with Gasteiger partial charge in [-0.15, -0.1) is 0 Å². The van der Waals surface area contributed by atoms with E-state index in [-0.39, 0.29) is 5.04 Å². The Labute approximate surface area is 155 Å². The summed E-state index contributed by atoms with van der Waals surface area (Å²) in [6.07, 6.45) is 2.21. The quantitative estimate of drug-likeness (QED) is 0.463. The van der Waals surface area contributed by atoms with Gasteiger partial charge in [0.1, 0.15) is 0 Å². The van der Waals surface area contributed by atoms with Gasteiger partial charge < -0.3 is 9.16 Å². The molecule has 0 radical (unpaired) electrons. The molecule has 26 heavy (non-hydrogen) atoms. The number of methoxy groups -OCH3 is 1. The van der Waals surface area contributed by atoms with E-state index < -0.39 is 20.3 Å². The molecule has 0 aliphatic heterocycles. The topological polar surface area (TPSA) is 52.6 Å². The Balaban J connectivity index is 2.59. The maximum atomic E-state index is 12.6. The van der Waals surface area contributed by atoms with Crippen LogP contribution in [0.1, 0.15) is 20.8 Å². The molecule has 0 aliphatic carbocycles. The summed E-state index contributed by atoms with van der Waals surface area (Å²) in [7, 11) is -1.68. The number of ether oxygens (including phenoxy) is 1. The summed E-state index contributed by atoms with van der Waals surface area (Å²) in [6, 6.07) is 19.7. The zero-order valence-corrected chi connectivity index (χ0v) is 16.6. The molecule has 0 atom stereocenters. The second-order valence-electron chi connectivity index (χ2n) is 6.94. The average Bonchev–Trinajstić information content (AvgIpc) is 2.64. The number of hydrogen-bond acceptors (Lipinski definition) is 4. The predicted molar refractivity (Wildman–Crippen MR) is 105 cm³/mol. The van der Waals surface area contributed by atoms with Gasteiger partial charge in [-0.2, -0.15) is 0 Å². The van der Waals surface area contributed by atoms with Gasteiger partial charge in [0, 0.05) is 12.2 Å². The van der Waals surface area contributed by atoms with Crippen LogP contribution in [0.15, 0.2) is 72.8 Å². The van der Waals surface area contributed by atoms with Gasteiger partial charge in [-0.05, 0) is 15.4 Å². The summed E-state index contributed by atoms with van der Waals surface area (Å²) in [6.45, 7) is 6.24. The third-order valence-electron chi connectivity index (χ3n) is 4.23. The normalized spacial score (nSPS) is 12.0. The van der Waals surface area contributed by atoms with Crippen molar-refractivity contribution in [2.24, 2.45) is 0 Å². The largest absolute Gasteiger partial charge is 0.506 e. The standard InChI is InChI=1S/C21H24O4Si/c1-21(2,3)26(17-11-7-5-8-12-17,18-13-9-6-10-14-18)25-20(23)16-15-19(22)24-4/h5-16H,1-4H3/b16-15-. The number of rotatable bonds is 5. The van der Waals surface area contributed by atoms with E-state index in [4.69, 9.17) is 4.43 Å². The molecule has 5 heteroatoms. The van der Waals surface area contributed by atoms with Crippen molar-refractivity contribution in [3.63, 3.8) is 0 Å². The lowest BCUT2D eigenvalue weighted by Crippen LogP contribution is -2.67. The minimum absolute atomic E-state index is 0.315. The zero-order chi connectivity index (χ0) is 19.2. The fraction of sp³-hybridized carbons (Fsp3) is 0.238. The molecule has 0 unspecified atom stereocenters. The van der Waals surface area contributed by atoms with E-state index in [1.807, 2.05) is 60.7 Å². The summed E-state index contributed by atoms with van der Waals surface area (Å²) < 4.78 is 10.7. The van der Waals surface area contributed by atoms with Crippen molar-refractivity contribution >= 4 is 30.6 Å². The van der Waals surface area contributed by atoms with Gasteiger partial charge in [0.05, 0.1) is 7.11 Å². The molecule has 2 aromatic carbocycles. The Hall–Kier alpha value is -2.66. The summed E-state index contributed by atoms with van der Waals surface area (Å²) in [5.74, 6) is -1.14. The fourth-order valence-electron chi connectivity index (χ4n) is 3.04. The molecule has 4 nitrogen and oxygen atoms in total. The van der Waals surface area contributed by atoms with Crippen LogP contribution in [0.5, 0.6) is 0 Å². The lowest BCUT2D eigenvalue weighted by atomic mass is 10.2. The third-order valence-corrected chi connectivity index (χ3v) is 9.14. The van der Waals surface area contributed by atoms with Gasteiger partial charge in [-0.3, -0.25) is 0 Å². The molecular weight excluding hydrogens is 344 g/mol. The van der Waals surface area contributed by atoms with E-state index in [0.717, 1.165) is 22.5 Å². The Morgan fingerprint density at radius 2 is 1.23 bits per heavy atom. The van der Waals surface area contributed by atoms with Crippen molar-refractivity contribution in [2.75, 3.05) is 7.11 Å². The SMILES string of the molecule is COC(=O)/C=C\C(=O)O[Si](c1ccccc1)(c1ccccc1)C(C)(C)C. The monoisotopic (exact) mass is 368 g/mol. The molecule has 2 rings (SSSR count). The molecule has 0 amide bonds. The molecule has 136 valence electrons. The molecule has 0 aliphatic rings. The van der Waals surface area contributed by atoms with Crippen LogP contribution in [0.25, 0.3) is 0 Å². The van der Waals surface area contributed by atoms with Gasteiger partial charge in [0.25, 0.3) is 0 Å². The summed E-state index contributed by atoms with van der Waals surface area (Å²) in [5.41, 5.74) is 0. The van der Waals surface area contributed by atoms with E-state index in [1.54, 1.807) is 0 Å². The first kappa shape index (κ1) is 19.7. The Morgan fingerprint density at radius 1 is 0.808 bits per heavy atom. The summed E-state index contributed by atoms with van der Waals surface area (Å²) in [4.78, 5) is 23.9. The van der Waals surface area contributed by atoms with Gasteiger partial charge >= 0.3 is 20.3 Å². The summed E-state index contributed by atoms with van der Waals surface area (Å²) >= 11 is 0. The lowest BCUT2D eigenvalue weighted by molar-refractivity contribution is -0.136. The Bertz CT molecular complexity index is 737. The Morgan fingerprint density at radius 3 is 1.62 bits per heavy atom. The second-order valence-corrected chi connectivity index (χ2v) is 11.2. The molecule has 0 spiro atoms. The molecule has 0 saturated heterocycles. The number of esters is 1. The molecule has 0 bridgehead atoms. The molecule has 2 aromatic rings. The van der Waals surface area contributed by atoms with Crippen LogP contribution in [0.2, 0.25) is 5.04 Å². The molecule has 0 aromatic heterocycles. The highest BCUT2D eigenvalue weighted by Crippen LogP contribution is 2.36. The third kappa shape index (κ3) is 4.11. The van der Waals surface area contributed by atoms with E-state index in [1.165, 1.54) is 7.11 Å². The minimum atomic E-state index is -2.95. The summed E-state index contributed by atoms with van der Waals surface area (Å²) in [5, 5.41) is 1.68. The Kier molecular flexibility index (Phi) is 6.16. The lowest BCUT2D eigenvalue weighted by Gasteiger charge is -2.41. The predicted octanol–water partition coefficient (Wildman–Crippen LogP) is 2.82. The number of carbonyl (C=O) groups is 2. The molecule has 0 fully saturated rings. The van der Waals surface area contributed by atoms with E-state index in [2.05, 4.69) is 25.5 Å². The van der Waals surface area contributed by atoms with Crippen molar-refractivity contribution in [1.82, 2.24) is 0 Å². The highest BCUT2D eigenvalue weighted by atomic mass is 28.4. The molecule has 0 heterocycles. The van der Waals surface area contributed by atoms with E-state index in [0.29, 0.717) is 0 Å². The van der Waals surface area contributed by atoms with Crippen LogP contribution in [0.4, 0.5) is 0 Å². The number of hydrogen-bond donors (Lipinski definition) is 0.